The van der Waals surface area contributed by atoms with Crippen molar-refractivity contribution >= 4 is 16.7 Å². The number of carboxylic acid groups (broad SMARTS) is 1. The topological polar surface area (TPSA) is 58.6 Å². The molecule has 0 fully saturated rings. The molecule has 2 N–H and O–H groups in total. The summed E-state index contributed by atoms with van der Waals surface area (Å²) in [5.74, 6) is -0.453. The van der Waals surface area contributed by atoms with Crippen molar-refractivity contribution in [2.75, 3.05) is 6.61 Å². The number of benzene rings is 4. The molecule has 0 saturated heterocycles. The van der Waals surface area contributed by atoms with E-state index in [1.54, 1.807) is 12.1 Å². The van der Waals surface area contributed by atoms with Gasteiger partial charge < -0.3 is 15.2 Å². The van der Waals surface area contributed by atoms with E-state index < -0.39 is 5.97 Å². The number of nitrogens with one attached hydrogen (secondary N) is 1. The molecule has 5 heteroatoms. The number of ether oxygens (including phenoxy) is 1. The second-order valence-corrected chi connectivity index (χ2v) is 9.11. The summed E-state index contributed by atoms with van der Waals surface area (Å²) in [7, 11) is 0. The molecular formula is C31H32FNO3. The summed E-state index contributed by atoms with van der Waals surface area (Å²) in [6.07, 6.45) is 0.0490. The highest BCUT2D eigenvalue weighted by atomic mass is 19.1. The molecule has 4 aromatic carbocycles. The van der Waals surface area contributed by atoms with Crippen LogP contribution in [0, 0.1) is 5.82 Å². The first kappa shape index (κ1) is 25.4. The van der Waals surface area contributed by atoms with Gasteiger partial charge in [-0.1, -0.05) is 42.5 Å². The Hall–Kier alpha value is -3.70. The zero-order valence-corrected chi connectivity index (χ0v) is 20.9. The highest BCUT2D eigenvalue weighted by Crippen LogP contribution is 2.34. The third kappa shape index (κ3) is 5.92. The van der Waals surface area contributed by atoms with E-state index in [0.29, 0.717) is 12.2 Å². The quantitative estimate of drug-likeness (QED) is 0.245. The maximum absolute atomic E-state index is 14.4. The van der Waals surface area contributed by atoms with E-state index in [1.807, 2.05) is 31.2 Å². The Kier molecular flexibility index (Phi) is 8.01. The zero-order chi connectivity index (χ0) is 25.7. The van der Waals surface area contributed by atoms with Crippen molar-refractivity contribution in [3.63, 3.8) is 0 Å². The number of carboxylic acids is 1. The lowest BCUT2D eigenvalue weighted by atomic mass is 9.92. The molecule has 186 valence electrons. The Bertz CT molecular complexity index is 1370. The largest absolute Gasteiger partial charge is 0.494 e. The Labute approximate surface area is 211 Å². The third-order valence-electron chi connectivity index (χ3n) is 6.52. The SMILES string of the molecule is CCOc1cccc([C@@H](C)NC(C)c2cc(-c3ccc(F)c(CCC(=O)O)c3)c3ccccc3c2)c1. The Morgan fingerprint density at radius 3 is 2.50 bits per heavy atom. The molecule has 1 unspecified atom stereocenters. The molecule has 4 nitrogen and oxygen atoms in total. The summed E-state index contributed by atoms with van der Waals surface area (Å²) in [5.41, 5.74) is 4.56. The highest BCUT2D eigenvalue weighted by molar-refractivity contribution is 5.97. The number of halogens is 1. The van der Waals surface area contributed by atoms with Gasteiger partial charge >= 0.3 is 5.97 Å². The number of rotatable bonds is 10. The lowest BCUT2D eigenvalue weighted by Gasteiger charge is -2.23. The summed E-state index contributed by atoms with van der Waals surface area (Å²) in [6, 6.07) is 25.8. The third-order valence-corrected chi connectivity index (χ3v) is 6.52. The van der Waals surface area contributed by atoms with Gasteiger partial charge in [-0.3, -0.25) is 4.79 Å². The van der Waals surface area contributed by atoms with Crippen LogP contribution in [0.25, 0.3) is 21.9 Å². The van der Waals surface area contributed by atoms with Crippen molar-refractivity contribution in [1.29, 1.82) is 0 Å². The van der Waals surface area contributed by atoms with Crippen LogP contribution in [0.4, 0.5) is 4.39 Å². The molecule has 0 amide bonds. The van der Waals surface area contributed by atoms with Crippen molar-refractivity contribution in [1.82, 2.24) is 5.32 Å². The van der Waals surface area contributed by atoms with Gasteiger partial charge in [-0.25, -0.2) is 4.39 Å². The molecule has 0 heterocycles. The van der Waals surface area contributed by atoms with Crippen LogP contribution >= 0.6 is 0 Å². The molecule has 0 aromatic heterocycles. The van der Waals surface area contributed by atoms with E-state index >= 15 is 0 Å². The first-order valence-corrected chi connectivity index (χ1v) is 12.4. The van der Waals surface area contributed by atoms with Crippen molar-refractivity contribution in [3.05, 3.63) is 101 Å². The molecule has 0 bridgehead atoms. The van der Waals surface area contributed by atoms with Crippen LogP contribution in [0.2, 0.25) is 0 Å². The molecule has 4 aromatic rings. The van der Waals surface area contributed by atoms with Crippen LogP contribution in [0.1, 0.15) is 56.0 Å². The predicted molar refractivity (Wildman–Crippen MR) is 143 cm³/mol. The van der Waals surface area contributed by atoms with Crippen LogP contribution in [0.15, 0.2) is 78.9 Å². The number of fused-ring (bicyclic) bond motifs is 1. The Balaban J connectivity index is 1.67. The van der Waals surface area contributed by atoms with Gasteiger partial charge in [-0.2, -0.15) is 0 Å². The van der Waals surface area contributed by atoms with Crippen LogP contribution in [-0.2, 0) is 11.2 Å². The molecule has 4 rings (SSSR count). The van der Waals surface area contributed by atoms with Crippen LogP contribution in [-0.4, -0.2) is 17.7 Å². The summed E-state index contributed by atoms with van der Waals surface area (Å²) in [4.78, 5) is 11.0. The van der Waals surface area contributed by atoms with Crippen LogP contribution < -0.4 is 10.1 Å². The summed E-state index contributed by atoms with van der Waals surface area (Å²) in [6.45, 7) is 6.88. The van der Waals surface area contributed by atoms with E-state index in [4.69, 9.17) is 9.84 Å². The molecule has 2 atom stereocenters. The summed E-state index contributed by atoms with van der Waals surface area (Å²) < 4.78 is 20.1. The minimum Gasteiger partial charge on any atom is -0.494 e. The predicted octanol–water partition coefficient (Wildman–Crippen LogP) is 7.47. The Morgan fingerprint density at radius 1 is 0.944 bits per heavy atom. The molecular weight excluding hydrogens is 453 g/mol. The van der Waals surface area contributed by atoms with Gasteiger partial charge in [0.25, 0.3) is 0 Å². The van der Waals surface area contributed by atoms with Crippen molar-refractivity contribution in [2.24, 2.45) is 0 Å². The smallest absolute Gasteiger partial charge is 0.303 e. The maximum Gasteiger partial charge on any atom is 0.303 e. The first-order chi connectivity index (χ1) is 17.4. The summed E-state index contributed by atoms with van der Waals surface area (Å²) >= 11 is 0. The average Bonchev–Trinajstić information content (AvgIpc) is 2.88. The molecule has 0 aliphatic heterocycles. The summed E-state index contributed by atoms with van der Waals surface area (Å²) in [5, 5.41) is 14.9. The number of aryl methyl sites for hydroxylation is 1. The molecule has 0 aliphatic carbocycles. The van der Waals surface area contributed by atoms with Gasteiger partial charge in [0, 0.05) is 18.5 Å². The second kappa shape index (κ2) is 11.4. The highest BCUT2D eigenvalue weighted by Gasteiger charge is 2.16. The molecule has 0 saturated carbocycles. The van der Waals surface area contributed by atoms with E-state index in [0.717, 1.165) is 38.8 Å². The van der Waals surface area contributed by atoms with Gasteiger partial charge in [0.05, 0.1) is 6.61 Å². The molecule has 0 spiro atoms. The van der Waals surface area contributed by atoms with E-state index in [-0.39, 0.29) is 30.7 Å². The fourth-order valence-corrected chi connectivity index (χ4v) is 4.61. The number of aliphatic carboxylic acids is 1. The van der Waals surface area contributed by atoms with E-state index in [9.17, 15) is 9.18 Å². The van der Waals surface area contributed by atoms with Gasteiger partial charge in [-0.05, 0) is 102 Å². The first-order valence-electron chi connectivity index (χ1n) is 12.4. The van der Waals surface area contributed by atoms with E-state index in [1.165, 1.54) is 6.07 Å². The fourth-order valence-electron chi connectivity index (χ4n) is 4.61. The minimum absolute atomic E-state index is 0.0473. The van der Waals surface area contributed by atoms with Gasteiger partial charge in [0.15, 0.2) is 0 Å². The van der Waals surface area contributed by atoms with Crippen LogP contribution in [0.3, 0.4) is 0 Å². The average molecular weight is 486 g/mol. The van der Waals surface area contributed by atoms with Crippen molar-refractivity contribution in [3.8, 4) is 16.9 Å². The zero-order valence-electron chi connectivity index (χ0n) is 20.9. The molecule has 0 aliphatic rings. The maximum atomic E-state index is 14.4. The van der Waals surface area contributed by atoms with Gasteiger partial charge in [0.2, 0.25) is 0 Å². The van der Waals surface area contributed by atoms with Gasteiger partial charge in [0.1, 0.15) is 11.6 Å². The number of carbonyl (C=O) groups is 1. The van der Waals surface area contributed by atoms with Crippen molar-refractivity contribution in [2.45, 2.75) is 45.7 Å². The number of hydrogen-bond acceptors (Lipinski definition) is 3. The molecule has 36 heavy (non-hydrogen) atoms. The van der Waals surface area contributed by atoms with Gasteiger partial charge in [-0.15, -0.1) is 0 Å². The van der Waals surface area contributed by atoms with Crippen molar-refractivity contribution < 1.29 is 19.0 Å². The monoisotopic (exact) mass is 485 g/mol. The Morgan fingerprint density at radius 2 is 1.72 bits per heavy atom. The van der Waals surface area contributed by atoms with E-state index in [2.05, 4.69) is 55.6 Å². The lowest BCUT2D eigenvalue weighted by Crippen LogP contribution is -2.22. The standard InChI is InChI=1S/C31H32FNO3/c1-4-36-27-10-7-9-22(18-27)20(2)33-21(3)26-17-23-8-5-6-11-28(23)29(19-26)24-12-14-30(32)25(16-24)13-15-31(34)35/h5-12,14,16-21,33H,4,13,15H2,1-3H3,(H,34,35)/t20-,21?/m1/s1. The molecule has 0 radical (unpaired) electrons. The second-order valence-electron chi connectivity index (χ2n) is 9.11. The number of hydrogen-bond donors (Lipinski definition) is 2. The normalized spacial score (nSPS) is 12.9. The minimum atomic E-state index is -0.937. The van der Waals surface area contributed by atoms with Crippen LogP contribution in [0.5, 0.6) is 5.75 Å². The fraction of sp³-hybridized carbons (Fsp3) is 0.258. The lowest BCUT2D eigenvalue weighted by molar-refractivity contribution is -0.136.